The van der Waals surface area contributed by atoms with E-state index in [9.17, 15) is 0 Å². The van der Waals surface area contributed by atoms with Gasteiger partial charge in [-0.15, -0.1) is 0 Å². The Morgan fingerprint density at radius 3 is 3.18 bits per heavy atom. The van der Waals surface area contributed by atoms with E-state index in [1.54, 1.807) is 8.44 Å². The second-order valence-corrected chi connectivity index (χ2v) is 6.12. The van der Waals surface area contributed by atoms with Crippen molar-refractivity contribution in [2.24, 2.45) is 19.1 Å². The van der Waals surface area contributed by atoms with E-state index in [4.69, 9.17) is 11.4 Å². The van der Waals surface area contributed by atoms with Crippen LogP contribution in [0.2, 0.25) is 0 Å². The van der Waals surface area contributed by atoms with Crippen LogP contribution in [0.5, 0.6) is 0 Å². The monoisotopic (exact) mass is 458 g/mol. The number of hydrogen-bond donors (Lipinski definition) is 3. The molecular weight excluding hydrogens is 446 g/mol. The summed E-state index contributed by atoms with van der Waals surface area (Å²) in [6, 6.07) is 7.87. The summed E-state index contributed by atoms with van der Waals surface area (Å²) in [5.41, 5.74) is 8.81. The van der Waals surface area contributed by atoms with Gasteiger partial charge in [-0.25, -0.2) is 0 Å². The van der Waals surface area contributed by atoms with Crippen LogP contribution in [0.3, 0.4) is 0 Å². The summed E-state index contributed by atoms with van der Waals surface area (Å²) in [5, 5.41) is 0. The molecule has 4 N–H and O–H groups in total. The standard InChI is InChI=1S/C9H12I2N6/c12-16-10-6-14-5-8-2-1-3-9(4-8)15-7-11-17-13/h1-4,6-7,13,17H,5,12H2. The van der Waals surface area contributed by atoms with Crippen molar-refractivity contribution < 1.29 is 24.8 Å². The van der Waals surface area contributed by atoms with Gasteiger partial charge in [-0.1, -0.05) is 0 Å². The molecule has 0 aliphatic heterocycles. The molecule has 8 heteroatoms. The number of nitrogens with two attached hydrogens (primary N) is 1. The summed E-state index contributed by atoms with van der Waals surface area (Å²) in [4.78, 5) is 8.49. The van der Waals surface area contributed by atoms with E-state index < -0.39 is 42.5 Å². The van der Waals surface area contributed by atoms with Crippen molar-refractivity contribution in [3.8, 4) is 0 Å². The first-order chi connectivity index (χ1) is 8.36. The Hall–Kier alpha value is -0.620. The minimum atomic E-state index is -0.451. The fraction of sp³-hybridized carbons (Fsp3) is 0.111. The fourth-order valence-corrected chi connectivity index (χ4v) is 2.15. The van der Waals surface area contributed by atoms with Crippen LogP contribution in [0.4, 0.5) is 5.69 Å². The van der Waals surface area contributed by atoms with Gasteiger partial charge >= 0.3 is 121 Å². The number of benzene rings is 1. The number of halogens is 2. The summed E-state index contributed by atoms with van der Waals surface area (Å²) in [6.07, 6.45) is 0. The van der Waals surface area contributed by atoms with Crippen LogP contribution in [0.25, 0.3) is 0 Å². The van der Waals surface area contributed by atoms with Gasteiger partial charge in [0.2, 0.25) is 0 Å². The predicted molar refractivity (Wildman–Crippen MR) is 71.1 cm³/mol. The Morgan fingerprint density at radius 1 is 1.53 bits per heavy atom. The van der Waals surface area contributed by atoms with Crippen molar-refractivity contribution >= 4 is 35.2 Å². The van der Waals surface area contributed by atoms with Crippen molar-refractivity contribution in [1.29, 1.82) is 5.53 Å². The van der Waals surface area contributed by atoms with Gasteiger partial charge < -0.3 is 0 Å². The molecule has 1 rings (SSSR count). The molecule has 0 atom stereocenters. The van der Waals surface area contributed by atoms with Crippen LogP contribution in [0.15, 0.2) is 37.5 Å². The third-order valence-electron chi connectivity index (χ3n) is 1.65. The molecule has 0 saturated heterocycles. The van der Waals surface area contributed by atoms with Gasteiger partial charge in [-0.05, 0) is 0 Å². The third-order valence-corrected chi connectivity index (χ3v) is 3.49. The molecule has 92 valence electrons. The zero-order valence-electron chi connectivity index (χ0n) is 8.85. The van der Waals surface area contributed by atoms with E-state index in [0.717, 1.165) is 11.3 Å². The molecule has 0 aliphatic carbocycles. The summed E-state index contributed by atoms with van der Waals surface area (Å²) in [6.45, 7) is 0.629. The van der Waals surface area contributed by atoms with Crippen molar-refractivity contribution in [2.75, 3.05) is 0 Å². The van der Waals surface area contributed by atoms with Crippen LogP contribution in [-0.2, 0) is 6.54 Å². The average Bonchev–Trinajstić information content (AvgIpc) is 2.36. The van der Waals surface area contributed by atoms with E-state index in [1.165, 1.54) is 0 Å². The SMILES string of the molecule is N=[NH+][I-]C=Nc1cccc(CN=CI=NN)c1. The van der Waals surface area contributed by atoms with E-state index in [-0.39, 0.29) is 0 Å². The molecule has 0 aromatic heterocycles. The molecule has 0 bridgehead atoms. The van der Waals surface area contributed by atoms with Gasteiger partial charge in [0.1, 0.15) is 0 Å². The first-order valence-corrected chi connectivity index (χ1v) is 9.07. The number of aliphatic imine (C=N–C) groups is 2. The van der Waals surface area contributed by atoms with E-state index in [2.05, 4.69) is 16.6 Å². The van der Waals surface area contributed by atoms with Gasteiger partial charge in [0.15, 0.2) is 0 Å². The third kappa shape index (κ3) is 6.63. The van der Waals surface area contributed by atoms with Gasteiger partial charge in [0.05, 0.1) is 0 Å². The maximum atomic E-state index is 6.81. The quantitative estimate of drug-likeness (QED) is 0.113. The molecule has 17 heavy (non-hydrogen) atoms. The number of rotatable bonds is 6. The first kappa shape index (κ1) is 14.4. The summed E-state index contributed by atoms with van der Waals surface area (Å²) >= 11 is -0.885. The van der Waals surface area contributed by atoms with Crippen molar-refractivity contribution in [2.45, 2.75) is 6.54 Å². The van der Waals surface area contributed by atoms with Gasteiger partial charge in [-0.3, -0.25) is 0 Å². The van der Waals surface area contributed by atoms with Crippen LogP contribution in [-0.4, -0.2) is 8.44 Å². The molecule has 0 unspecified atom stereocenters. The Kier molecular flexibility index (Phi) is 8.00. The van der Waals surface area contributed by atoms with Crippen LogP contribution in [0.1, 0.15) is 5.56 Å². The molecular formula is C9H12I2N6. The number of nitrogens with zero attached hydrogens (tertiary/aromatic N) is 3. The fourth-order valence-electron chi connectivity index (χ4n) is 1.04. The zero-order chi connectivity index (χ0) is 12.3. The topological polar surface area (TPSA) is 101 Å². The molecule has 0 heterocycles. The summed E-state index contributed by atoms with van der Waals surface area (Å²) < 4.78 is 9.49. The average molecular weight is 458 g/mol. The molecule has 1 aromatic carbocycles. The zero-order valence-corrected chi connectivity index (χ0v) is 13.2. The molecule has 0 aliphatic rings. The summed E-state index contributed by atoms with van der Waals surface area (Å²) in [7, 11) is 0. The Balaban J connectivity index is 2.62. The van der Waals surface area contributed by atoms with Crippen LogP contribution in [0, 0.1) is 5.53 Å². The predicted octanol–water partition coefficient (Wildman–Crippen LogP) is -1.98. The van der Waals surface area contributed by atoms with Crippen molar-refractivity contribution in [1.82, 2.24) is 0 Å². The molecule has 1 aromatic rings. The maximum absolute atomic E-state index is 6.81. The Morgan fingerprint density at radius 2 is 2.41 bits per heavy atom. The normalized spacial score (nSPS) is 12.5. The minimum absolute atomic E-state index is 0.434. The molecule has 0 spiro atoms. The number of hydrogen-bond acceptors (Lipinski definition) is 5. The second-order valence-electron chi connectivity index (χ2n) is 2.73. The van der Waals surface area contributed by atoms with Crippen LogP contribution >= 0.6 is 21.0 Å². The molecule has 0 saturated carbocycles. The van der Waals surface area contributed by atoms with E-state index in [0.29, 0.717) is 6.54 Å². The van der Waals surface area contributed by atoms with E-state index in [1.807, 2.05) is 24.3 Å². The molecule has 0 fully saturated rings. The van der Waals surface area contributed by atoms with Gasteiger partial charge in [-0.2, -0.15) is 0 Å². The first-order valence-electron chi connectivity index (χ1n) is 4.53. The van der Waals surface area contributed by atoms with Crippen molar-refractivity contribution in [3.63, 3.8) is 0 Å². The van der Waals surface area contributed by atoms with Gasteiger partial charge in [0, 0.05) is 0 Å². The molecule has 0 amide bonds. The molecule has 0 radical (unpaired) electrons. The van der Waals surface area contributed by atoms with Crippen molar-refractivity contribution in [3.05, 3.63) is 29.8 Å². The molecule has 6 nitrogen and oxygen atoms in total. The summed E-state index contributed by atoms with van der Waals surface area (Å²) in [5.74, 6) is 5.05. The second kappa shape index (κ2) is 9.41. The Bertz CT molecular complexity index is 443. The Labute approximate surface area is 120 Å². The van der Waals surface area contributed by atoms with E-state index >= 15 is 0 Å². The number of nitrogens with one attached hydrogen (secondary N) is 2. The van der Waals surface area contributed by atoms with Gasteiger partial charge in [0.25, 0.3) is 0 Å². The van der Waals surface area contributed by atoms with Crippen LogP contribution < -0.4 is 30.6 Å².